The van der Waals surface area contributed by atoms with Crippen LogP contribution in [-0.4, -0.2) is 47.2 Å². The van der Waals surface area contributed by atoms with Crippen LogP contribution in [0.1, 0.15) is 5.56 Å². The molecule has 1 N–H and O–H groups in total. The number of anilines is 1. The van der Waals surface area contributed by atoms with E-state index < -0.39 is 6.10 Å². The summed E-state index contributed by atoms with van der Waals surface area (Å²) < 4.78 is 5.82. The first-order chi connectivity index (χ1) is 16.5. The smallest absolute Gasteiger partial charge is 0.262 e. The first-order valence-corrected chi connectivity index (χ1v) is 12.6. The number of ether oxygens (including phenoxy) is 1. The summed E-state index contributed by atoms with van der Waals surface area (Å²) in [4.78, 5) is 37.0. The molecule has 1 atom stereocenters. The summed E-state index contributed by atoms with van der Waals surface area (Å²) in [6.45, 7) is 2.21. The Morgan fingerprint density at radius 1 is 1.18 bits per heavy atom. The van der Waals surface area contributed by atoms with Crippen molar-refractivity contribution in [3.05, 3.63) is 65.8 Å². The molecule has 0 spiro atoms. The van der Waals surface area contributed by atoms with E-state index in [0.717, 1.165) is 26.4 Å². The van der Waals surface area contributed by atoms with Gasteiger partial charge in [-0.15, -0.1) is 11.3 Å². The van der Waals surface area contributed by atoms with Gasteiger partial charge < -0.3 is 15.0 Å². The Balaban J connectivity index is 1.41. The molecule has 0 aliphatic carbocycles. The van der Waals surface area contributed by atoms with Crippen molar-refractivity contribution in [3.63, 3.8) is 0 Å². The molecular weight excluding hydrogens is 468 g/mol. The Morgan fingerprint density at radius 2 is 1.97 bits per heavy atom. The number of hydrogen-bond donors (Lipinski definition) is 1. The minimum Gasteiger partial charge on any atom is -0.477 e. The molecule has 1 aliphatic rings. The number of carbonyl (C=O) groups is 2. The number of likely N-dealkylation sites (N-methyl/N-ethyl adjacent to an activating group) is 1. The summed E-state index contributed by atoms with van der Waals surface area (Å²) >= 11 is 2.95. The van der Waals surface area contributed by atoms with E-state index >= 15 is 0 Å². The molecule has 7 nitrogen and oxygen atoms in total. The quantitative estimate of drug-likeness (QED) is 0.332. The number of carbonyl (C=O) groups excluding carboxylic acids is 2. The van der Waals surface area contributed by atoms with E-state index in [4.69, 9.17) is 4.74 Å². The van der Waals surface area contributed by atoms with Gasteiger partial charge in [0.15, 0.2) is 6.10 Å². The minimum absolute atomic E-state index is 0.117. The monoisotopic (exact) mass is 490 g/mol. The van der Waals surface area contributed by atoms with Crippen LogP contribution in [0.2, 0.25) is 0 Å². The van der Waals surface area contributed by atoms with Crippen LogP contribution in [0.25, 0.3) is 21.3 Å². The van der Waals surface area contributed by atoms with E-state index in [9.17, 15) is 9.59 Å². The second-order valence-corrected chi connectivity index (χ2v) is 9.68. The van der Waals surface area contributed by atoms with Gasteiger partial charge >= 0.3 is 0 Å². The molecule has 9 heteroatoms. The molecule has 2 aromatic carbocycles. The van der Waals surface area contributed by atoms with Crippen LogP contribution in [0, 0.1) is 6.92 Å². The van der Waals surface area contributed by atoms with Gasteiger partial charge in [-0.25, -0.2) is 9.97 Å². The van der Waals surface area contributed by atoms with Crippen molar-refractivity contribution >= 4 is 50.8 Å². The minimum atomic E-state index is -0.760. The molecule has 0 bridgehead atoms. The lowest BCUT2D eigenvalue weighted by atomic mass is 10.1. The van der Waals surface area contributed by atoms with Crippen LogP contribution in [0.3, 0.4) is 0 Å². The van der Waals surface area contributed by atoms with Crippen LogP contribution in [-0.2, 0) is 9.59 Å². The average Bonchev–Trinajstić information content (AvgIpc) is 3.31. The second-order valence-electron chi connectivity index (χ2n) is 7.86. The number of hydrogen-bond acceptors (Lipinski definition) is 7. The summed E-state index contributed by atoms with van der Waals surface area (Å²) in [7, 11) is 1.56. The maximum Gasteiger partial charge on any atom is 0.262 e. The molecule has 5 rings (SSSR count). The van der Waals surface area contributed by atoms with Gasteiger partial charge in [0.05, 0.1) is 23.4 Å². The van der Waals surface area contributed by atoms with Crippen LogP contribution in [0.5, 0.6) is 5.75 Å². The topological polar surface area (TPSA) is 84.4 Å². The number of para-hydroxylation sites is 2. The summed E-state index contributed by atoms with van der Waals surface area (Å²) in [5.74, 6) is 0.306. The molecule has 0 saturated carbocycles. The maximum absolute atomic E-state index is 13.3. The van der Waals surface area contributed by atoms with Crippen LogP contribution in [0.15, 0.2) is 65.3 Å². The molecule has 1 aliphatic heterocycles. The first kappa shape index (κ1) is 22.4. The van der Waals surface area contributed by atoms with Crippen LogP contribution in [0.4, 0.5) is 5.69 Å². The predicted octanol–water partition coefficient (Wildman–Crippen LogP) is 4.30. The zero-order chi connectivity index (χ0) is 23.7. The molecule has 172 valence electrons. The number of fused-ring (bicyclic) bond motifs is 2. The van der Waals surface area contributed by atoms with Crippen molar-refractivity contribution < 1.29 is 14.3 Å². The zero-order valence-electron chi connectivity index (χ0n) is 18.6. The fourth-order valence-corrected chi connectivity index (χ4v) is 5.75. The molecule has 3 heterocycles. The van der Waals surface area contributed by atoms with Crippen molar-refractivity contribution in [1.82, 2.24) is 15.3 Å². The summed E-state index contributed by atoms with van der Waals surface area (Å²) in [6.07, 6.45) is 0.778. The summed E-state index contributed by atoms with van der Waals surface area (Å²) in [5.41, 5.74) is 4.01. The third-order valence-electron chi connectivity index (χ3n) is 5.64. The Kier molecular flexibility index (Phi) is 6.21. The Labute approximate surface area is 205 Å². The van der Waals surface area contributed by atoms with E-state index in [2.05, 4.69) is 51.9 Å². The Morgan fingerprint density at radius 3 is 2.76 bits per heavy atom. The molecule has 1 unspecified atom stereocenters. The lowest BCUT2D eigenvalue weighted by Crippen LogP contribution is -2.50. The highest BCUT2D eigenvalue weighted by molar-refractivity contribution is 8.00. The Hall–Kier alpha value is -3.43. The molecule has 0 fully saturated rings. The lowest BCUT2D eigenvalue weighted by Gasteiger charge is -2.34. The highest BCUT2D eigenvalue weighted by Crippen LogP contribution is 2.39. The number of thioether (sulfide) groups is 1. The molecule has 0 saturated heterocycles. The number of amides is 2. The van der Waals surface area contributed by atoms with Gasteiger partial charge in [0.25, 0.3) is 5.91 Å². The van der Waals surface area contributed by atoms with Crippen molar-refractivity contribution in [3.8, 4) is 16.9 Å². The van der Waals surface area contributed by atoms with Crippen LogP contribution >= 0.6 is 23.1 Å². The number of nitrogens with zero attached hydrogens (tertiary/aromatic N) is 3. The predicted molar refractivity (Wildman–Crippen MR) is 136 cm³/mol. The lowest BCUT2D eigenvalue weighted by molar-refractivity contribution is -0.127. The largest absolute Gasteiger partial charge is 0.477 e. The van der Waals surface area contributed by atoms with Crippen molar-refractivity contribution in [1.29, 1.82) is 0 Å². The average molecular weight is 491 g/mol. The van der Waals surface area contributed by atoms with Gasteiger partial charge in [-0.05, 0) is 24.6 Å². The van der Waals surface area contributed by atoms with E-state index in [1.165, 1.54) is 23.7 Å². The van der Waals surface area contributed by atoms with E-state index in [0.29, 0.717) is 11.4 Å². The van der Waals surface area contributed by atoms with E-state index in [1.807, 2.05) is 18.2 Å². The zero-order valence-corrected chi connectivity index (χ0v) is 20.3. The molecule has 4 aromatic rings. The van der Waals surface area contributed by atoms with Gasteiger partial charge in [0.2, 0.25) is 5.91 Å². The number of benzene rings is 2. The number of nitrogens with one attached hydrogen (secondary N) is 1. The summed E-state index contributed by atoms with van der Waals surface area (Å²) in [5, 5.41) is 6.41. The van der Waals surface area contributed by atoms with Gasteiger partial charge in [0, 0.05) is 18.0 Å². The standard InChI is InChI=1S/C25H22N4O3S2/c1-15-7-9-16(10-8-15)17-12-33-24-22(17)25(28-14-27-24)34-13-21(30)29-11-20(23(31)26-2)32-19-6-4-3-5-18(19)29/h3-10,12,14,20H,11,13H2,1-2H3,(H,26,31). The van der Waals surface area contributed by atoms with E-state index in [-0.39, 0.29) is 24.1 Å². The molecule has 2 amide bonds. The fourth-order valence-electron chi connectivity index (χ4n) is 3.88. The highest BCUT2D eigenvalue weighted by Gasteiger charge is 2.33. The number of aryl methyl sites for hydroxylation is 1. The van der Waals surface area contributed by atoms with Gasteiger partial charge in [-0.3, -0.25) is 9.59 Å². The first-order valence-electron chi connectivity index (χ1n) is 10.7. The third kappa shape index (κ3) is 4.24. The van der Waals surface area contributed by atoms with Gasteiger partial charge in [-0.2, -0.15) is 0 Å². The van der Waals surface area contributed by atoms with Crippen molar-refractivity contribution in [2.75, 3.05) is 24.2 Å². The Bertz CT molecular complexity index is 1370. The normalized spacial score (nSPS) is 15.0. The van der Waals surface area contributed by atoms with Crippen LogP contribution < -0.4 is 15.0 Å². The van der Waals surface area contributed by atoms with Gasteiger partial charge in [0.1, 0.15) is 21.9 Å². The van der Waals surface area contributed by atoms with Crippen molar-refractivity contribution in [2.45, 2.75) is 18.1 Å². The number of thiophene rings is 1. The molecule has 0 radical (unpaired) electrons. The SMILES string of the molecule is CNC(=O)C1CN(C(=O)CSc2ncnc3scc(-c4ccc(C)cc4)c23)c2ccccc2O1. The molecular formula is C25H22N4O3S2. The van der Waals surface area contributed by atoms with E-state index in [1.54, 1.807) is 29.4 Å². The van der Waals surface area contributed by atoms with Crippen molar-refractivity contribution in [2.24, 2.45) is 0 Å². The number of aromatic nitrogens is 2. The van der Waals surface area contributed by atoms with Gasteiger partial charge in [-0.1, -0.05) is 53.7 Å². The fraction of sp³-hybridized carbons (Fsp3) is 0.200. The molecule has 2 aromatic heterocycles. The second kappa shape index (κ2) is 9.44. The molecule has 34 heavy (non-hydrogen) atoms. The third-order valence-corrected chi connectivity index (χ3v) is 7.50. The number of rotatable bonds is 5. The summed E-state index contributed by atoms with van der Waals surface area (Å²) in [6, 6.07) is 15.6. The maximum atomic E-state index is 13.3. The highest BCUT2D eigenvalue weighted by atomic mass is 32.2.